The molecule has 3 heteroatoms. The van der Waals surface area contributed by atoms with Crippen molar-refractivity contribution >= 4 is 0 Å². The van der Waals surface area contributed by atoms with Gasteiger partial charge in [-0.3, -0.25) is 0 Å². The molecule has 2 fully saturated rings. The normalized spacial score (nSPS) is 30.2. The second-order valence-electron chi connectivity index (χ2n) is 7.40. The molecule has 2 aliphatic rings. The summed E-state index contributed by atoms with van der Waals surface area (Å²) in [7, 11) is 2.25. The van der Waals surface area contributed by atoms with Crippen LogP contribution in [0.2, 0.25) is 0 Å². The van der Waals surface area contributed by atoms with E-state index in [1.54, 1.807) is 0 Å². The smallest absolute Gasteiger partial charge is 0.0546 e. The van der Waals surface area contributed by atoms with E-state index in [9.17, 15) is 5.11 Å². The van der Waals surface area contributed by atoms with Gasteiger partial charge in [0, 0.05) is 25.7 Å². The van der Waals surface area contributed by atoms with Gasteiger partial charge in [-0.25, -0.2) is 0 Å². The highest BCUT2D eigenvalue weighted by Crippen LogP contribution is 2.30. The Hall–Kier alpha value is -0.120. The summed E-state index contributed by atoms with van der Waals surface area (Å²) < 4.78 is 0. The highest BCUT2D eigenvalue weighted by molar-refractivity contribution is 4.88. The third-order valence-corrected chi connectivity index (χ3v) is 4.68. The monoisotopic (exact) mass is 268 g/mol. The van der Waals surface area contributed by atoms with Crippen LogP contribution in [-0.4, -0.2) is 48.8 Å². The van der Waals surface area contributed by atoms with Gasteiger partial charge in [-0.1, -0.05) is 20.3 Å². The zero-order chi connectivity index (χ0) is 13.9. The van der Waals surface area contributed by atoms with E-state index in [1.807, 2.05) is 0 Å². The summed E-state index contributed by atoms with van der Waals surface area (Å²) in [6.45, 7) is 8.20. The summed E-state index contributed by atoms with van der Waals surface area (Å²) in [5.74, 6) is 0.724. The first-order chi connectivity index (χ1) is 9.00. The van der Waals surface area contributed by atoms with E-state index in [0.717, 1.165) is 37.9 Å². The number of aliphatic hydroxyl groups excluding tert-OH is 1. The molecule has 0 heterocycles. The van der Waals surface area contributed by atoms with Crippen LogP contribution in [0.25, 0.3) is 0 Å². The molecule has 0 bridgehead atoms. The Morgan fingerprint density at radius 1 is 1.32 bits per heavy atom. The van der Waals surface area contributed by atoms with E-state index in [2.05, 4.69) is 31.1 Å². The molecule has 0 radical (unpaired) electrons. The van der Waals surface area contributed by atoms with E-state index in [-0.39, 0.29) is 6.10 Å². The Kier molecular flexibility index (Phi) is 5.27. The Morgan fingerprint density at radius 2 is 2.00 bits per heavy atom. The van der Waals surface area contributed by atoms with Crippen LogP contribution >= 0.6 is 0 Å². The minimum atomic E-state index is -0.0167. The first-order valence-corrected chi connectivity index (χ1v) is 8.11. The van der Waals surface area contributed by atoms with Crippen LogP contribution in [0, 0.1) is 11.3 Å². The van der Waals surface area contributed by atoms with Crippen LogP contribution in [0.1, 0.15) is 52.4 Å². The van der Waals surface area contributed by atoms with Gasteiger partial charge in [0.05, 0.1) is 6.10 Å². The SMILES string of the molecule is CCCC(C)(CNC1CC1)CN(C)CC1CC(O)C1. The quantitative estimate of drug-likeness (QED) is 0.673. The highest BCUT2D eigenvalue weighted by atomic mass is 16.3. The van der Waals surface area contributed by atoms with Crippen LogP contribution in [0.3, 0.4) is 0 Å². The van der Waals surface area contributed by atoms with Crippen LogP contribution in [-0.2, 0) is 0 Å². The molecule has 0 saturated heterocycles. The summed E-state index contributed by atoms with van der Waals surface area (Å²) >= 11 is 0. The van der Waals surface area contributed by atoms with E-state index in [0.29, 0.717) is 5.41 Å². The number of nitrogens with zero attached hydrogens (tertiary/aromatic N) is 1. The fraction of sp³-hybridized carbons (Fsp3) is 1.00. The van der Waals surface area contributed by atoms with Gasteiger partial charge >= 0.3 is 0 Å². The van der Waals surface area contributed by atoms with Crippen molar-refractivity contribution in [3.05, 3.63) is 0 Å². The van der Waals surface area contributed by atoms with E-state index in [1.165, 1.54) is 32.2 Å². The lowest BCUT2D eigenvalue weighted by Gasteiger charge is -2.39. The molecule has 2 saturated carbocycles. The molecule has 0 aromatic rings. The summed E-state index contributed by atoms with van der Waals surface area (Å²) in [6, 6.07) is 0.809. The molecule has 1 unspecified atom stereocenters. The van der Waals surface area contributed by atoms with E-state index in [4.69, 9.17) is 0 Å². The first-order valence-electron chi connectivity index (χ1n) is 8.11. The summed E-state index contributed by atoms with van der Waals surface area (Å²) in [6.07, 6.45) is 7.31. The van der Waals surface area contributed by atoms with Gasteiger partial charge < -0.3 is 15.3 Å². The third-order valence-electron chi connectivity index (χ3n) is 4.68. The zero-order valence-corrected chi connectivity index (χ0v) is 13.0. The van der Waals surface area contributed by atoms with Crippen LogP contribution < -0.4 is 5.32 Å². The van der Waals surface area contributed by atoms with Crippen molar-refractivity contribution < 1.29 is 5.11 Å². The third kappa shape index (κ3) is 5.05. The fourth-order valence-electron chi connectivity index (χ4n) is 3.51. The molecular weight excluding hydrogens is 236 g/mol. The van der Waals surface area contributed by atoms with Crippen molar-refractivity contribution in [1.29, 1.82) is 0 Å². The van der Waals surface area contributed by atoms with E-state index < -0.39 is 0 Å². The summed E-state index contributed by atoms with van der Waals surface area (Å²) in [4.78, 5) is 2.49. The maximum Gasteiger partial charge on any atom is 0.0546 e. The van der Waals surface area contributed by atoms with Crippen LogP contribution in [0.5, 0.6) is 0 Å². The number of aliphatic hydroxyl groups is 1. The molecule has 19 heavy (non-hydrogen) atoms. The Labute approximate surface area is 118 Å². The van der Waals surface area contributed by atoms with Gasteiger partial charge in [0.1, 0.15) is 0 Å². The van der Waals surface area contributed by atoms with Crippen molar-refractivity contribution in [2.45, 2.75) is 64.5 Å². The lowest BCUT2D eigenvalue weighted by atomic mass is 9.81. The van der Waals surface area contributed by atoms with Crippen LogP contribution in [0.15, 0.2) is 0 Å². The van der Waals surface area contributed by atoms with Gasteiger partial charge in [0.15, 0.2) is 0 Å². The minimum absolute atomic E-state index is 0.0167. The molecule has 2 rings (SSSR count). The number of hydrogen-bond acceptors (Lipinski definition) is 3. The van der Waals surface area contributed by atoms with E-state index >= 15 is 0 Å². The molecule has 3 nitrogen and oxygen atoms in total. The second kappa shape index (κ2) is 6.55. The fourth-order valence-corrected chi connectivity index (χ4v) is 3.51. The van der Waals surface area contributed by atoms with Crippen molar-refractivity contribution in [2.24, 2.45) is 11.3 Å². The van der Waals surface area contributed by atoms with Gasteiger partial charge in [0.25, 0.3) is 0 Å². The molecule has 0 spiro atoms. The van der Waals surface area contributed by atoms with Gasteiger partial charge in [-0.15, -0.1) is 0 Å². The molecule has 0 aliphatic heterocycles. The largest absolute Gasteiger partial charge is 0.393 e. The standard InChI is InChI=1S/C16H32N2O/c1-4-7-16(2,11-17-14-5-6-14)12-18(3)10-13-8-15(19)9-13/h13-15,17,19H,4-12H2,1-3H3. The molecule has 0 amide bonds. The Balaban J connectivity index is 1.73. The average Bonchev–Trinajstić information content (AvgIpc) is 3.08. The summed E-state index contributed by atoms with van der Waals surface area (Å²) in [5, 5.41) is 13.1. The highest BCUT2D eigenvalue weighted by Gasteiger charge is 2.32. The molecule has 2 aliphatic carbocycles. The molecule has 0 aromatic heterocycles. The topological polar surface area (TPSA) is 35.5 Å². The number of nitrogens with one attached hydrogen (secondary N) is 1. The van der Waals surface area contributed by atoms with Crippen LogP contribution in [0.4, 0.5) is 0 Å². The zero-order valence-electron chi connectivity index (χ0n) is 13.0. The van der Waals surface area contributed by atoms with Crippen molar-refractivity contribution in [3.63, 3.8) is 0 Å². The lowest BCUT2D eigenvalue weighted by Crippen LogP contribution is -2.45. The molecular formula is C16H32N2O. The number of hydrogen-bond donors (Lipinski definition) is 2. The molecule has 0 aromatic carbocycles. The minimum Gasteiger partial charge on any atom is -0.393 e. The summed E-state index contributed by atoms with van der Waals surface area (Å²) in [5.41, 5.74) is 0.397. The Bertz CT molecular complexity index is 274. The van der Waals surface area contributed by atoms with Crippen molar-refractivity contribution in [3.8, 4) is 0 Å². The number of rotatable bonds is 9. The predicted octanol–water partition coefficient (Wildman–Crippen LogP) is 2.25. The first kappa shape index (κ1) is 15.3. The molecule has 2 N–H and O–H groups in total. The van der Waals surface area contributed by atoms with Crippen molar-refractivity contribution in [2.75, 3.05) is 26.7 Å². The molecule has 112 valence electrons. The van der Waals surface area contributed by atoms with Gasteiger partial charge in [0.2, 0.25) is 0 Å². The average molecular weight is 268 g/mol. The maximum atomic E-state index is 9.37. The predicted molar refractivity (Wildman–Crippen MR) is 80.3 cm³/mol. The van der Waals surface area contributed by atoms with Crippen molar-refractivity contribution in [1.82, 2.24) is 10.2 Å². The lowest BCUT2D eigenvalue weighted by molar-refractivity contribution is 0.0220. The maximum absolute atomic E-state index is 9.37. The van der Waals surface area contributed by atoms with Gasteiger partial charge in [-0.05, 0) is 50.5 Å². The molecule has 1 atom stereocenters. The Morgan fingerprint density at radius 3 is 2.53 bits per heavy atom. The second-order valence-corrected chi connectivity index (χ2v) is 7.40. The van der Waals surface area contributed by atoms with Gasteiger partial charge in [-0.2, -0.15) is 0 Å².